The molecular weight excluding hydrogens is 270 g/mol. The fraction of sp³-hybridized carbons (Fsp3) is 0.643. The summed E-state index contributed by atoms with van der Waals surface area (Å²) in [6.45, 7) is 2.60. The molecule has 2 heterocycles. The molecule has 0 saturated carbocycles. The first-order chi connectivity index (χ1) is 9.97. The van der Waals surface area contributed by atoms with Gasteiger partial charge in [-0.05, 0) is 19.3 Å². The Morgan fingerprint density at radius 1 is 1.48 bits per heavy atom. The SMILES string of the molecule is CCCc1[nH]nc(C(=O)N2CCCC2C(=O)N(C)C)c1N. The summed E-state index contributed by atoms with van der Waals surface area (Å²) >= 11 is 0. The van der Waals surface area contributed by atoms with E-state index >= 15 is 0 Å². The summed E-state index contributed by atoms with van der Waals surface area (Å²) in [7, 11) is 3.40. The molecule has 1 unspecified atom stereocenters. The van der Waals surface area contributed by atoms with Crippen LogP contribution in [0.3, 0.4) is 0 Å². The molecule has 0 bridgehead atoms. The molecule has 3 N–H and O–H groups in total. The maximum absolute atomic E-state index is 12.6. The van der Waals surface area contributed by atoms with Crippen LogP contribution in [0.4, 0.5) is 5.69 Å². The average Bonchev–Trinajstić information content (AvgIpc) is 3.06. The van der Waals surface area contributed by atoms with Crippen LogP contribution in [0, 0.1) is 0 Å². The maximum atomic E-state index is 12.6. The number of likely N-dealkylation sites (N-methyl/N-ethyl adjacent to an activating group) is 1. The topological polar surface area (TPSA) is 95.3 Å². The van der Waals surface area contributed by atoms with Gasteiger partial charge in [-0.25, -0.2) is 0 Å². The lowest BCUT2D eigenvalue weighted by atomic mass is 10.1. The molecule has 1 atom stereocenters. The van der Waals surface area contributed by atoms with Crippen molar-refractivity contribution in [3.05, 3.63) is 11.4 Å². The van der Waals surface area contributed by atoms with Gasteiger partial charge >= 0.3 is 0 Å². The number of aryl methyl sites for hydroxylation is 1. The van der Waals surface area contributed by atoms with E-state index in [9.17, 15) is 9.59 Å². The number of rotatable bonds is 4. The van der Waals surface area contributed by atoms with Gasteiger partial charge in [0.15, 0.2) is 5.69 Å². The van der Waals surface area contributed by atoms with Gasteiger partial charge in [0, 0.05) is 20.6 Å². The Bertz CT molecular complexity index is 537. The Kier molecular flexibility index (Phi) is 4.50. The molecule has 0 radical (unpaired) electrons. The monoisotopic (exact) mass is 293 g/mol. The van der Waals surface area contributed by atoms with Crippen LogP contribution in [0.25, 0.3) is 0 Å². The zero-order valence-electron chi connectivity index (χ0n) is 12.8. The van der Waals surface area contributed by atoms with E-state index in [1.165, 1.54) is 4.90 Å². The van der Waals surface area contributed by atoms with Crippen LogP contribution in [0.5, 0.6) is 0 Å². The van der Waals surface area contributed by atoms with Gasteiger partial charge in [0.25, 0.3) is 5.91 Å². The quantitative estimate of drug-likeness (QED) is 0.851. The minimum Gasteiger partial charge on any atom is -0.395 e. The number of aromatic amines is 1. The first-order valence-corrected chi connectivity index (χ1v) is 7.32. The van der Waals surface area contributed by atoms with Crippen molar-refractivity contribution in [1.82, 2.24) is 20.0 Å². The number of nitrogens with one attached hydrogen (secondary N) is 1. The number of nitrogens with two attached hydrogens (primary N) is 1. The van der Waals surface area contributed by atoms with Crippen LogP contribution in [0.1, 0.15) is 42.4 Å². The lowest BCUT2D eigenvalue weighted by Crippen LogP contribution is -2.45. The highest BCUT2D eigenvalue weighted by Crippen LogP contribution is 2.24. The Balaban J connectivity index is 2.21. The lowest BCUT2D eigenvalue weighted by Gasteiger charge is -2.25. The number of anilines is 1. The largest absolute Gasteiger partial charge is 0.395 e. The number of nitrogens with zero attached hydrogens (tertiary/aromatic N) is 3. The predicted octanol–water partition coefficient (Wildman–Crippen LogP) is 0.637. The van der Waals surface area contributed by atoms with E-state index in [0.29, 0.717) is 18.7 Å². The molecule has 1 aliphatic rings. The van der Waals surface area contributed by atoms with E-state index in [1.807, 2.05) is 6.92 Å². The fourth-order valence-electron chi connectivity index (χ4n) is 2.69. The standard InChI is InChI=1S/C14H23N5O2/c1-4-6-9-11(15)12(17-16-9)14(21)19-8-5-7-10(19)13(20)18(2)3/h10H,4-8,15H2,1-3H3,(H,16,17). The summed E-state index contributed by atoms with van der Waals surface area (Å²) in [5.74, 6) is -0.312. The minimum absolute atomic E-state index is 0.0521. The van der Waals surface area contributed by atoms with Gasteiger partial charge in [-0.3, -0.25) is 14.7 Å². The van der Waals surface area contributed by atoms with Crippen molar-refractivity contribution in [3.63, 3.8) is 0 Å². The van der Waals surface area contributed by atoms with E-state index in [1.54, 1.807) is 19.0 Å². The van der Waals surface area contributed by atoms with Crippen LogP contribution < -0.4 is 5.73 Å². The second-order valence-electron chi connectivity index (χ2n) is 5.60. The van der Waals surface area contributed by atoms with E-state index < -0.39 is 6.04 Å². The minimum atomic E-state index is -0.404. The van der Waals surface area contributed by atoms with Gasteiger partial charge in [-0.2, -0.15) is 5.10 Å². The number of likely N-dealkylation sites (tertiary alicyclic amines) is 1. The Labute approximate surface area is 124 Å². The summed E-state index contributed by atoms with van der Waals surface area (Å²) in [6, 6.07) is -0.404. The number of nitrogen functional groups attached to an aromatic ring is 1. The number of amides is 2. The van der Waals surface area contributed by atoms with Crippen molar-refractivity contribution in [1.29, 1.82) is 0 Å². The van der Waals surface area contributed by atoms with Crippen molar-refractivity contribution < 1.29 is 9.59 Å². The van der Waals surface area contributed by atoms with Gasteiger partial charge in [-0.1, -0.05) is 13.3 Å². The van der Waals surface area contributed by atoms with Crippen LogP contribution in [-0.2, 0) is 11.2 Å². The number of H-pyrrole nitrogens is 1. The Hall–Kier alpha value is -2.05. The molecule has 0 spiro atoms. The zero-order valence-corrected chi connectivity index (χ0v) is 12.8. The molecule has 1 aromatic rings. The molecule has 0 aliphatic carbocycles. The van der Waals surface area contributed by atoms with Crippen LogP contribution in [0.2, 0.25) is 0 Å². The second-order valence-corrected chi connectivity index (χ2v) is 5.60. The summed E-state index contributed by atoms with van der Waals surface area (Å²) in [5, 5.41) is 6.88. The van der Waals surface area contributed by atoms with Gasteiger partial charge in [0.2, 0.25) is 5.91 Å². The lowest BCUT2D eigenvalue weighted by molar-refractivity contribution is -0.132. The van der Waals surface area contributed by atoms with Crippen molar-refractivity contribution in [2.75, 3.05) is 26.4 Å². The first-order valence-electron chi connectivity index (χ1n) is 7.32. The maximum Gasteiger partial charge on any atom is 0.277 e. The van der Waals surface area contributed by atoms with Crippen molar-refractivity contribution in [2.45, 2.75) is 38.6 Å². The molecule has 1 fully saturated rings. The third kappa shape index (κ3) is 2.86. The third-order valence-corrected chi connectivity index (χ3v) is 3.82. The highest BCUT2D eigenvalue weighted by molar-refractivity contribution is 6.00. The van der Waals surface area contributed by atoms with Crippen molar-refractivity contribution >= 4 is 17.5 Å². The summed E-state index contributed by atoms with van der Waals surface area (Å²) < 4.78 is 0. The van der Waals surface area contributed by atoms with E-state index in [0.717, 1.165) is 25.0 Å². The van der Waals surface area contributed by atoms with Crippen LogP contribution in [-0.4, -0.2) is 58.5 Å². The number of hydrogen-bond acceptors (Lipinski definition) is 4. The Morgan fingerprint density at radius 3 is 2.81 bits per heavy atom. The highest BCUT2D eigenvalue weighted by atomic mass is 16.2. The molecule has 1 aliphatic heterocycles. The smallest absolute Gasteiger partial charge is 0.277 e. The fourth-order valence-corrected chi connectivity index (χ4v) is 2.69. The molecule has 2 rings (SSSR count). The van der Waals surface area contributed by atoms with Gasteiger partial charge in [0.1, 0.15) is 6.04 Å². The van der Waals surface area contributed by atoms with E-state index in [2.05, 4.69) is 10.2 Å². The van der Waals surface area contributed by atoms with Crippen molar-refractivity contribution in [2.24, 2.45) is 0 Å². The molecule has 116 valence electrons. The molecule has 2 amide bonds. The normalized spacial score (nSPS) is 18.0. The number of carbonyl (C=O) groups is 2. The summed E-state index contributed by atoms with van der Waals surface area (Å²) in [5.41, 5.74) is 7.43. The number of carbonyl (C=O) groups excluding carboxylic acids is 2. The Morgan fingerprint density at radius 2 is 2.19 bits per heavy atom. The number of hydrogen-bond donors (Lipinski definition) is 2. The molecule has 7 nitrogen and oxygen atoms in total. The molecule has 21 heavy (non-hydrogen) atoms. The molecule has 7 heteroatoms. The zero-order chi connectivity index (χ0) is 15.6. The summed E-state index contributed by atoms with van der Waals surface area (Å²) in [4.78, 5) is 27.9. The summed E-state index contributed by atoms with van der Waals surface area (Å²) in [6.07, 6.45) is 3.19. The van der Waals surface area contributed by atoms with Crippen LogP contribution >= 0.6 is 0 Å². The second kappa shape index (κ2) is 6.15. The molecule has 1 saturated heterocycles. The number of aromatic nitrogens is 2. The van der Waals surface area contributed by atoms with Gasteiger partial charge in [0.05, 0.1) is 11.4 Å². The molecular formula is C14H23N5O2. The predicted molar refractivity (Wildman–Crippen MR) is 79.7 cm³/mol. The third-order valence-electron chi connectivity index (χ3n) is 3.82. The van der Waals surface area contributed by atoms with E-state index in [4.69, 9.17) is 5.73 Å². The first kappa shape index (κ1) is 15.3. The van der Waals surface area contributed by atoms with Gasteiger partial charge < -0.3 is 15.5 Å². The van der Waals surface area contributed by atoms with Gasteiger partial charge in [-0.15, -0.1) is 0 Å². The molecule has 0 aromatic carbocycles. The van der Waals surface area contributed by atoms with E-state index in [-0.39, 0.29) is 17.5 Å². The van der Waals surface area contributed by atoms with Crippen molar-refractivity contribution in [3.8, 4) is 0 Å². The highest BCUT2D eigenvalue weighted by Gasteiger charge is 2.37. The van der Waals surface area contributed by atoms with Crippen LogP contribution in [0.15, 0.2) is 0 Å². The molecule has 1 aromatic heterocycles. The average molecular weight is 293 g/mol.